The van der Waals surface area contributed by atoms with Gasteiger partial charge in [-0.3, -0.25) is 9.69 Å². The number of carbonyl (C=O) groups is 1. The van der Waals surface area contributed by atoms with Gasteiger partial charge < -0.3 is 17.2 Å². The Bertz CT molecular complexity index is 279. The van der Waals surface area contributed by atoms with E-state index in [2.05, 4.69) is 18.7 Å². The van der Waals surface area contributed by atoms with Crippen molar-refractivity contribution >= 4 is 5.91 Å². The Kier molecular flexibility index (Phi) is 7.55. The zero-order valence-electron chi connectivity index (χ0n) is 13.1. The lowest BCUT2D eigenvalue weighted by Crippen LogP contribution is -2.49. The van der Waals surface area contributed by atoms with Gasteiger partial charge in [0.2, 0.25) is 5.91 Å². The van der Waals surface area contributed by atoms with E-state index in [0.717, 1.165) is 19.4 Å². The van der Waals surface area contributed by atoms with Crippen LogP contribution in [0.15, 0.2) is 0 Å². The van der Waals surface area contributed by atoms with Crippen LogP contribution in [0.4, 0.5) is 0 Å². The Balaban J connectivity index is 4.80. The van der Waals surface area contributed by atoms with E-state index < -0.39 is 5.41 Å². The quantitative estimate of drug-likeness (QED) is 0.574. The maximum atomic E-state index is 11.5. The van der Waals surface area contributed by atoms with Gasteiger partial charge in [-0.05, 0) is 40.2 Å². The molecule has 0 saturated heterocycles. The zero-order chi connectivity index (χ0) is 15.2. The molecule has 0 radical (unpaired) electrons. The molecule has 3 unspecified atom stereocenters. The maximum Gasteiger partial charge on any atom is 0.223 e. The molecule has 0 aliphatic heterocycles. The monoisotopic (exact) mass is 272 g/mol. The van der Waals surface area contributed by atoms with E-state index in [1.165, 1.54) is 0 Å². The smallest absolute Gasteiger partial charge is 0.223 e. The molecule has 0 aliphatic carbocycles. The van der Waals surface area contributed by atoms with Crippen molar-refractivity contribution in [2.75, 3.05) is 13.1 Å². The van der Waals surface area contributed by atoms with Gasteiger partial charge in [-0.25, -0.2) is 0 Å². The molecule has 0 spiro atoms. The molecule has 114 valence electrons. The molecule has 0 fully saturated rings. The van der Waals surface area contributed by atoms with Crippen LogP contribution in [0, 0.1) is 5.41 Å². The van der Waals surface area contributed by atoms with Crippen molar-refractivity contribution in [2.45, 2.75) is 65.6 Å². The second kappa shape index (κ2) is 7.82. The second-order valence-corrected chi connectivity index (χ2v) is 6.40. The summed E-state index contributed by atoms with van der Waals surface area (Å²) in [5.74, 6) is -0.258. The van der Waals surface area contributed by atoms with Gasteiger partial charge in [0.1, 0.15) is 0 Å². The minimum atomic E-state index is -0.502. The number of amides is 1. The van der Waals surface area contributed by atoms with E-state index in [0.29, 0.717) is 12.6 Å². The fourth-order valence-corrected chi connectivity index (χ4v) is 2.49. The molecule has 3 atom stereocenters. The summed E-state index contributed by atoms with van der Waals surface area (Å²) < 4.78 is 0. The molecule has 0 aromatic heterocycles. The third-order valence-electron chi connectivity index (χ3n) is 3.69. The van der Waals surface area contributed by atoms with E-state index in [9.17, 15) is 4.79 Å². The van der Waals surface area contributed by atoms with E-state index in [1.807, 2.05) is 20.8 Å². The van der Waals surface area contributed by atoms with Crippen LogP contribution in [0.1, 0.15) is 47.5 Å². The average Bonchev–Trinajstić information content (AvgIpc) is 2.24. The molecule has 19 heavy (non-hydrogen) atoms. The first-order valence-corrected chi connectivity index (χ1v) is 7.13. The van der Waals surface area contributed by atoms with Crippen LogP contribution >= 0.6 is 0 Å². The predicted molar refractivity (Wildman–Crippen MR) is 80.5 cm³/mol. The first-order chi connectivity index (χ1) is 8.61. The minimum Gasteiger partial charge on any atom is -0.369 e. The lowest BCUT2D eigenvalue weighted by molar-refractivity contribution is -0.127. The summed E-state index contributed by atoms with van der Waals surface area (Å²) in [6.45, 7) is 11.5. The lowest BCUT2D eigenvalue weighted by atomic mass is 9.84. The molecule has 0 aromatic carbocycles. The number of primary amides is 1. The number of nitrogens with zero attached hydrogens (tertiary/aromatic N) is 1. The minimum absolute atomic E-state index is 0.0966. The fraction of sp³-hybridized carbons (Fsp3) is 0.929. The summed E-state index contributed by atoms with van der Waals surface area (Å²) in [4.78, 5) is 13.8. The Morgan fingerprint density at radius 1 is 1.21 bits per heavy atom. The largest absolute Gasteiger partial charge is 0.369 e. The van der Waals surface area contributed by atoms with Crippen LogP contribution in [0.5, 0.6) is 0 Å². The maximum absolute atomic E-state index is 11.5. The van der Waals surface area contributed by atoms with Crippen molar-refractivity contribution in [1.82, 2.24) is 4.90 Å². The lowest BCUT2D eigenvalue weighted by Gasteiger charge is -2.38. The number of rotatable bonds is 9. The van der Waals surface area contributed by atoms with Gasteiger partial charge in [-0.15, -0.1) is 0 Å². The predicted octanol–water partition coefficient (Wildman–Crippen LogP) is 0.663. The Morgan fingerprint density at radius 3 is 2.11 bits per heavy atom. The highest BCUT2D eigenvalue weighted by Crippen LogP contribution is 2.25. The van der Waals surface area contributed by atoms with Crippen LogP contribution in [-0.2, 0) is 4.79 Å². The van der Waals surface area contributed by atoms with Gasteiger partial charge >= 0.3 is 0 Å². The highest BCUT2D eigenvalue weighted by Gasteiger charge is 2.31. The molecule has 0 aliphatic rings. The van der Waals surface area contributed by atoms with Gasteiger partial charge in [0.05, 0.1) is 0 Å². The van der Waals surface area contributed by atoms with Crippen molar-refractivity contribution in [3.05, 3.63) is 0 Å². The highest BCUT2D eigenvalue weighted by atomic mass is 16.1. The molecule has 0 heterocycles. The summed E-state index contributed by atoms with van der Waals surface area (Å²) in [6.07, 6.45) is 1.65. The van der Waals surface area contributed by atoms with Crippen LogP contribution < -0.4 is 17.2 Å². The first kappa shape index (κ1) is 18.4. The molecule has 0 rings (SSSR count). The Labute approximate surface area is 117 Å². The molecule has 5 heteroatoms. The fourth-order valence-electron chi connectivity index (χ4n) is 2.49. The molecule has 5 nitrogen and oxygen atoms in total. The first-order valence-electron chi connectivity index (χ1n) is 7.13. The molecule has 0 saturated carbocycles. The van der Waals surface area contributed by atoms with E-state index in [1.54, 1.807) is 0 Å². The normalized spacial score (nSPS) is 17.3. The SMILES string of the molecule is CC(N)CN(C(C)CCN)C(C)CC(C)(C)C(N)=O. The van der Waals surface area contributed by atoms with E-state index in [4.69, 9.17) is 17.2 Å². The van der Waals surface area contributed by atoms with Crippen molar-refractivity contribution in [2.24, 2.45) is 22.6 Å². The van der Waals surface area contributed by atoms with Gasteiger partial charge in [-0.1, -0.05) is 13.8 Å². The Morgan fingerprint density at radius 2 is 1.74 bits per heavy atom. The van der Waals surface area contributed by atoms with Crippen molar-refractivity contribution in [3.63, 3.8) is 0 Å². The molecule has 1 amide bonds. The molecular formula is C14H32N4O. The van der Waals surface area contributed by atoms with Crippen LogP contribution in [0.2, 0.25) is 0 Å². The second-order valence-electron chi connectivity index (χ2n) is 6.40. The number of nitrogens with two attached hydrogens (primary N) is 3. The average molecular weight is 272 g/mol. The van der Waals surface area contributed by atoms with Crippen molar-refractivity contribution in [1.29, 1.82) is 0 Å². The molecular weight excluding hydrogens is 240 g/mol. The van der Waals surface area contributed by atoms with Crippen LogP contribution in [0.3, 0.4) is 0 Å². The number of carbonyl (C=O) groups excluding carboxylic acids is 1. The van der Waals surface area contributed by atoms with Crippen LogP contribution in [0.25, 0.3) is 0 Å². The van der Waals surface area contributed by atoms with Gasteiger partial charge in [0.25, 0.3) is 0 Å². The third-order valence-corrected chi connectivity index (χ3v) is 3.69. The zero-order valence-corrected chi connectivity index (χ0v) is 13.1. The number of hydrogen-bond acceptors (Lipinski definition) is 4. The van der Waals surface area contributed by atoms with Crippen molar-refractivity contribution < 1.29 is 4.79 Å². The standard InChI is InChI=1S/C14H32N4O/c1-10(16)9-18(11(2)6-7-15)12(3)8-14(4,5)13(17)19/h10-12H,6-9,15-16H2,1-5H3,(H2,17,19). The van der Waals surface area contributed by atoms with Gasteiger partial charge in [0.15, 0.2) is 0 Å². The van der Waals surface area contributed by atoms with Crippen LogP contribution in [-0.4, -0.2) is 42.0 Å². The van der Waals surface area contributed by atoms with Gasteiger partial charge in [0, 0.05) is 30.1 Å². The molecule has 6 N–H and O–H groups in total. The molecule has 0 bridgehead atoms. The Hall–Kier alpha value is -0.650. The summed E-state index contributed by atoms with van der Waals surface area (Å²) >= 11 is 0. The van der Waals surface area contributed by atoms with Gasteiger partial charge in [-0.2, -0.15) is 0 Å². The summed E-state index contributed by atoms with van der Waals surface area (Å²) in [5.41, 5.74) is 16.5. The van der Waals surface area contributed by atoms with Crippen molar-refractivity contribution in [3.8, 4) is 0 Å². The summed E-state index contributed by atoms with van der Waals surface area (Å²) in [6, 6.07) is 0.698. The summed E-state index contributed by atoms with van der Waals surface area (Å²) in [7, 11) is 0. The molecule has 0 aromatic rings. The highest BCUT2D eigenvalue weighted by molar-refractivity contribution is 5.79. The van der Waals surface area contributed by atoms with E-state index in [-0.39, 0.29) is 18.0 Å². The number of hydrogen-bond donors (Lipinski definition) is 3. The topological polar surface area (TPSA) is 98.4 Å². The summed E-state index contributed by atoms with van der Waals surface area (Å²) in [5, 5.41) is 0. The third kappa shape index (κ3) is 6.36. The van der Waals surface area contributed by atoms with E-state index >= 15 is 0 Å².